The number of piperidine rings is 1. The fraction of sp³-hybridized carbons (Fsp3) is 0.857. The number of rotatable bonds is 1. The van der Waals surface area contributed by atoms with Gasteiger partial charge in [-0.15, -0.1) is 0 Å². The summed E-state index contributed by atoms with van der Waals surface area (Å²) in [5.74, 6) is 0.749. The maximum Gasteiger partial charge on any atom is 0.278 e. The molecule has 0 aromatic heterocycles. The van der Waals surface area contributed by atoms with Crippen molar-refractivity contribution in [1.29, 1.82) is 0 Å². The molecular weight excluding hydrogens is 226 g/mol. The number of amides is 1. The summed E-state index contributed by atoms with van der Waals surface area (Å²) in [6, 6.07) is 0. The van der Waals surface area contributed by atoms with Gasteiger partial charge in [-0.05, 0) is 18.8 Å². The number of hydrogen-bond acceptors (Lipinski definition) is 1. The molecule has 0 aromatic rings. The van der Waals surface area contributed by atoms with Crippen LogP contribution in [0.4, 0.5) is 4.79 Å². The van der Waals surface area contributed by atoms with E-state index in [1.54, 1.807) is 4.90 Å². The molecule has 0 radical (unpaired) electrons. The molecule has 0 bridgehead atoms. The fourth-order valence-electron chi connectivity index (χ4n) is 1.28. The van der Waals surface area contributed by atoms with Gasteiger partial charge in [-0.25, -0.2) is 0 Å². The smallest absolute Gasteiger partial charge is 0.278 e. The molecule has 4 heteroatoms. The summed E-state index contributed by atoms with van der Waals surface area (Å²) in [6.45, 7) is 1.75. The van der Waals surface area contributed by atoms with Gasteiger partial charge in [-0.3, -0.25) is 4.79 Å². The summed E-state index contributed by atoms with van der Waals surface area (Å²) in [5, 5.41) is 0.972. The van der Waals surface area contributed by atoms with E-state index in [9.17, 15) is 4.79 Å². The predicted octanol–water partition coefficient (Wildman–Crippen LogP) is 2.14. The summed E-state index contributed by atoms with van der Waals surface area (Å²) >= 11 is 7.22. The monoisotopic (exact) mass is 237 g/mol. The normalized spacial score (nSPS) is 20.4. The van der Waals surface area contributed by atoms with E-state index in [4.69, 9.17) is 0 Å². The van der Waals surface area contributed by atoms with Gasteiger partial charge in [-0.2, -0.15) is 0 Å². The van der Waals surface area contributed by atoms with E-state index < -0.39 is 0 Å². The minimum absolute atomic E-state index is 0.0852. The number of hydrogen-bond donors (Lipinski definition) is 1. The minimum atomic E-state index is -0.0852. The molecule has 2 nitrogen and oxygen atoms in total. The van der Waals surface area contributed by atoms with Crippen molar-refractivity contribution in [2.24, 2.45) is 5.92 Å². The van der Waals surface area contributed by atoms with Crippen LogP contribution in [0.1, 0.15) is 12.8 Å². The molecular formula is C7H12BrNOS. The summed E-state index contributed by atoms with van der Waals surface area (Å²) in [7, 11) is 0. The molecule has 0 aromatic carbocycles. The van der Waals surface area contributed by atoms with Gasteiger partial charge in [0.05, 0.1) is 0 Å². The number of carbonyl (C=O) groups is 1. The highest BCUT2D eigenvalue weighted by atomic mass is 79.9. The molecule has 0 aliphatic carbocycles. The van der Waals surface area contributed by atoms with Gasteiger partial charge in [0.15, 0.2) is 0 Å². The summed E-state index contributed by atoms with van der Waals surface area (Å²) in [4.78, 5) is 12.6. The van der Waals surface area contributed by atoms with Crippen molar-refractivity contribution in [3.8, 4) is 0 Å². The number of likely N-dealkylation sites (tertiary alicyclic amines) is 1. The molecule has 1 heterocycles. The highest BCUT2D eigenvalue weighted by molar-refractivity contribution is 9.09. The van der Waals surface area contributed by atoms with Crippen molar-refractivity contribution < 1.29 is 4.79 Å². The lowest BCUT2D eigenvalue weighted by molar-refractivity contribution is 0.198. The second kappa shape index (κ2) is 4.36. The van der Waals surface area contributed by atoms with Crippen LogP contribution < -0.4 is 0 Å². The third kappa shape index (κ3) is 2.67. The molecule has 64 valence electrons. The first-order valence-electron chi connectivity index (χ1n) is 3.78. The van der Waals surface area contributed by atoms with Crippen molar-refractivity contribution in [2.75, 3.05) is 18.4 Å². The second-order valence-electron chi connectivity index (χ2n) is 2.87. The van der Waals surface area contributed by atoms with E-state index in [2.05, 4.69) is 28.6 Å². The zero-order valence-corrected chi connectivity index (χ0v) is 8.77. The Hall–Kier alpha value is 0.300. The lowest BCUT2D eigenvalue weighted by Gasteiger charge is -2.29. The molecule has 0 spiro atoms. The molecule has 1 aliphatic heterocycles. The number of carbonyl (C=O) groups excluding carboxylic acids is 1. The molecule has 0 atom stereocenters. The Morgan fingerprint density at radius 3 is 2.45 bits per heavy atom. The summed E-state index contributed by atoms with van der Waals surface area (Å²) in [6.07, 6.45) is 2.22. The van der Waals surface area contributed by atoms with E-state index >= 15 is 0 Å². The number of nitrogens with zero attached hydrogens (tertiary/aromatic N) is 1. The first-order valence-corrected chi connectivity index (χ1v) is 5.34. The average molecular weight is 238 g/mol. The van der Waals surface area contributed by atoms with Gasteiger partial charge in [0.25, 0.3) is 5.24 Å². The van der Waals surface area contributed by atoms with Crippen LogP contribution in [-0.2, 0) is 0 Å². The van der Waals surface area contributed by atoms with Crippen LogP contribution in [0, 0.1) is 5.92 Å². The quantitative estimate of drug-likeness (QED) is 0.548. The molecule has 1 fully saturated rings. The Balaban J connectivity index is 2.30. The van der Waals surface area contributed by atoms with Gasteiger partial charge in [0.2, 0.25) is 0 Å². The summed E-state index contributed by atoms with van der Waals surface area (Å²) < 4.78 is 0. The number of thiol groups is 1. The standard InChI is InChI=1S/C7H12BrNOS/c8-5-6-1-3-9(4-2-6)7(10)11/h6H,1-5H2,(H,10,11). The van der Waals surface area contributed by atoms with Crippen molar-refractivity contribution >= 4 is 33.8 Å². The lowest BCUT2D eigenvalue weighted by Crippen LogP contribution is -2.35. The number of halogens is 1. The van der Waals surface area contributed by atoms with Crippen LogP contribution in [0.15, 0.2) is 0 Å². The third-order valence-corrected chi connectivity index (χ3v) is 3.30. The van der Waals surface area contributed by atoms with E-state index in [0.29, 0.717) is 0 Å². The Bertz CT molecular complexity index is 145. The summed E-state index contributed by atoms with van der Waals surface area (Å²) in [5.41, 5.74) is 0. The third-order valence-electron chi connectivity index (χ3n) is 2.10. The van der Waals surface area contributed by atoms with Gasteiger partial charge in [0.1, 0.15) is 0 Å². The van der Waals surface area contributed by atoms with Crippen LogP contribution >= 0.6 is 28.6 Å². The van der Waals surface area contributed by atoms with Crippen molar-refractivity contribution in [1.82, 2.24) is 4.90 Å². The van der Waals surface area contributed by atoms with E-state index in [1.165, 1.54) is 0 Å². The zero-order chi connectivity index (χ0) is 8.27. The lowest BCUT2D eigenvalue weighted by atomic mass is 10.00. The highest BCUT2D eigenvalue weighted by Gasteiger charge is 2.19. The Labute approximate surface area is 80.9 Å². The van der Waals surface area contributed by atoms with Crippen molar-refractivity contribution in [2.45, 2.75) is 12.8 Å². The van der Waals surface area contributed by atoms with Crippen LogP contribution in [-0.4, -0.2) is 28.6 Å². The fourth-order valence-corrected chi connectivity index (χ4v) is 2.13. The maximum atomic E-state index is 10.8. The van der Waals surface area contributed by atoms with E-state index in [1.807, 2.05) is 0 Å². The van der Waals surface area contributed by atoms with Crippen LogP contribution in [0.3, 0.4) is 0 Å². The zero-order valence-electron chi connectivity index (χ0n) is 6.29. The molecule has 11 heavy (non-hydrogen) atoms. The van der Waals surface area contributed by atoms with Gasteiger partial charge in [0, 0.05) is 18.4 Å². The molecule has 1 rings (SSSR count). The minimum Gasteiger partial charge on any atom is -0.334 e. The molecule has 0 unspecified atom stereocenters. The Morgan fingerprint density at radius 1 is 1.55 bits per heavy atom. The predicted molar refractivity (Wildman–Crippen MR) is 52.5 cm³/mol. The largest absolute Gasteiger partial charge is 0.334 e. The number of alkyl halides is 1. The average Bonchev–Trinajstić information content (AvgIpc) is 2.05. The van der Waals surface area contributed by atoms with Crippen LogP contribution in [0.5, 0.6) is 0 Å². The molecule has 1 aliphatic rings. The van der Waals surface area contributed by atoms with Gasteiger partial charge < -0.3 is 4.90 Å². The van der Waals surface area contributed by atoms with Crippen molar-refractivity contribution in [3.63, 3.8) is 0 Å². The SMILES string of the molecule is O=C(S)N1CCC(CBr)CC1. The van der Waals surface area contributed by atoms with Gasteiger partial charge >= 0.3 is 0 Å². The topological polar surface area (TPSA) is 20.3 Å². The Kier molecular flexibility index (Phi) is 3.72. The van der Waals surface area contributed by atoms with E-state index in [0.717, 1.165) is 37.2 Å². The van der Waals surface area contributed by atoms with E-state index in [-0.39, 0.29) is 5.24 Å². The molecule has 1 amide bonds. The van der Waals surface area contributed by atoms with Gasteiger partial charge in [-0.1, -0.05) is 28.6 Å². The molecule has 0 saturated carbocycles. The van der Waals surface area contributed by atoms with Crippen molar-refractivity contribution in [3.05, 3.63) is 0 Å². The first-order chi connectivity index (χ1) is 5.24. The molecule has 0 N–H and O–H groups in total. The first kappa shape index (κ1) is 9.39. The Morgan fingerprint density at radius 2 is 2.09 bits per heavy atom. The van der Waals surface area contributed by atoms with Crippen LogP contribution in [0.25, 0.3) is 0 Å². The second-order valence-corrected chi connectivity index (χ2v) is 3.90. The highest BCUT2D eigenvalue weighted by Crippen LogP contribution is 2.19. The van der Waals surface area contributed by atoms with Crippen LogP contribution in [0.2, 0.25) is 0 Å². The maximum absolute atomic E-state index is 10.8. The molecule has 1 saturated heterocycles.